The largest absolute Gasteiger partial charge is 0.486 e. The van der Waals surface area contributed by atoms with Gasteiger partial charge in [-0.3, -0.25) is 9.69 Å². The first kappa shape index (κ1) is 21.4. The third-order valence-corrected chi connectivity index (χ3v) is 4.75. The number of rotatable bonds is 7. The van der Waals surface area contributed by atoms with Gasteiger partial charge in [-0.05, 0) is 41.5 Å². The summed E-state index contributed by atoms with van der Waals surface area (Å²) in [5.41, 5.74) is 1.51. The topological polar surface area (TPSA) is 95.9 Å². The third-order valence-electron chi connectivity index (χ3n) is 4.19. The molecule has 154 valence electrons. The minimum atomic E-state index is -1.01. The maximum absolute atomic E-state index is 12.3. The monoisotopic (exact) mass is 446 g/mol. The summed E-state index contributed by atoms with van der Waals surface area (Å²) in [5, 5.41) is 11.9. The Bertz CT molecular complexity index is 1040. The predicted molar refractivity (Wildman–Crippen MR) is 113 cm³/mol. The van der Waals surface area contributed by atoms with Crippen LogP contribution in [0.15, 0.2) is 54.8 Å². The van der Waals surface area contributed by atoms with Gasteiger partial charge in [0.15, 0.2) is 5.75 Å². The molecule has 0 bridgehead atoms. The van der Waals surface area contributed by atoms with Gasteiger partial charge in [0.1, 0.15) is 12.3 Å². The van der Waals surface area contributed by atoms with Crippen molar-refractivity contribution < 1.29 is 24.2 Å². The van der Waals surface area contributed by atoms with Crippen LogP contribution in [0.1, 0.15) is 21.5 Å². The Labute approximate surface area is 182 Å². The molecule has 1 heterocycles. The first-order chi connectivity index (χ1) is 14.3. The molecule has 2 aromatic carbocycles. The van der Waals surface area contributed by atoms with E-state index in [1.54, 1.807) is 24.3 Å². The van der Waals surface area contributed by atoms with Crippen LogP contribution in [0.3, 0.4) is 0 Å². The first-order valence-electron chi connectivity index (χ1n) is 8.69. The number of urea groups is 1. The van der Waals surface area contributed by atoms with Gasteiger partial charge in [0.2, 0.25) is 0 Å². The molecule has 3 amide bonds. The number of ether oxygens (including phenoxy) is 1. The van der Waals surface area contributed by atoms with E-state index in [9.17, 15) is 14.4 Å². The van der Waals surface area contributed by atoms with Crippen LogP contribution in [0.25, 0.3) is 6.08 Å². The number of carboxylic acid groups (broad SMARTS) is 1. The second-order valence-corrected chi connectivity index (χ2v) is 7.11. The lowest BCUT2D eigenvalue weighted by Gasteiger charge is -2.11. The molecule has 2 aromatic rings. The molecule has 0 atom stereocenters. The molecule has 1 aliphatic rings. The lowest BCUT2D eigenvalue weighted by Crippen LogP contribution is -2.30. The summed E-state index contributed by atoms with van der Waals surface area (Å²) in [6, 6.07) is 8.79. The molecule has 1 saturated heterocycles. The van der Waals surface area contributed by atoms with Gasteiger partial charge in [-0.15, -0.1) is 6.58 Å². The Morgan fingerprint density at radius 1 is 1.17 bits per heavy atom. The molecule has 7 nitrogen and oxygen atoms in total. The van der Waals surface area contributed by atoms with Crippen molar-refractivity contribution in [2.24, 2.45) is 0 Å². The van der Waals surface area contributed by atoms with E-state index < -0.39 is 17.9 Å². The molecule has 0 aromatic heterocycles. The molecule has 0 spiro atoms. The third kappa shape index (κ3) is 4.64. The minimum absolute atomic E-state index is 0.0983. The number of hydrogen-bond donors (Lipinski definition) is 2. The highest BCUT2D eigenvalue weighted by Crippen LogP contribution is 2.35. The Balaban J connectivity index is 1.75. The fourth-order valence-electron chi connectivity index (χ4n) is 2.73. The molecule has 1 aliphatic heterocycles. The molecule has 0 aliphatic carbocycles. The van der Waals surface area contributed by atoms with Crippen molar-refractivity contribution >= 4 is 47.2 Å². The Morgan fingerprint density at radius 2 is 1.80 bits per heavy atom. The molecule has 2 N–H and O–H groups in total. The molecule has 1 fully saturated rings. The van der Waals surface area contributed by atoms with Crippen molar-refractivity contribution in [2.45, 2.75) is 6.61 Å². The van der Waals surface area contributed by atoms with Gasteiger partial charge in [0.05, 0.1) is 15.6 Å². The summed E-state index contributed by atoms with van der Waals surface area (Å²) in [4.78, 5) is 36.0. The van der Waals surface area contributed by atoms with E-state index >= 15 is 0 Å². The van der Waals surface area contributed by atoms with Crippen LogP contribution >= 0.6 is 23.2 Å². The summed E-state index contributed by atoms with van der Waals surface area (Å²) < 4.78 is 5.68. The molecule has 9 heteroatoms. The number of nitrogens with zero attached hydrogens (tertiary/aromatic N) is 1. The number of halogens is 2. The van der Waals surface area contributed by atoms with Gasteiger partial charge in [-0.2, -0.15) is 0 Å². The highest BCUT2D eigenvalue weighted by Gasteiger charge is 2.32. The SMILES string of the molecule is C=CCN1C(=O)N/C(=C\c2cc(Cl)c(OCc3ccc(C(=O)O)cc3)c(Cl)c2)C1=O. The number of benzene rings is 2. The fraction of sp³-hybridized carbons (Fsp3) is 0.0952. The summed E-state index contributed by atoms with van der Waals surface area (Å²) in [5.74, 6) is -1.24. The standard InChI is InChI=1S/C21H16Cl2N2O5/c1-2-7-25-19(26)17(24-21(25)29)10-13-8-15(22)18(16(23)9-13)30-11-12-3-5-14(6-4-12)20(27)28/h2-6,8-10H,1,7,11H2,(H,24,29)(H,27,28)/b17-10-. The summed E-state index contributed by atoms with van der Waals surface area (Å²) in [7, 11) is 0. The fourth-order valence-corrected chi connectivity index (χ4v) is 3.35. The summed E-state index contributed by atoms with van der Waals surface area (Å²) in [6.45, 7) is 3.75. The first-order valence-corrected chi connectivity index (χ1v) is 9.45. The quantitative estimate of drug-likeness (QED) is 0.374. The van der Waals surface area contributed by atoms with E-state index in [1.165, 1.54) is 24.3 Å². The Morgan fingerprint density at radius 3 is 2.37 bits per heavy atom. The van der Waals surface area contributed by atoms with Crippen LogP contribution in [0, 0.1) is 0 Å². The van der Waals surface area contributed by atoms with Crippen molar-refractivity contribution in [3.05, 3.63) is 81.5 Å². The van der Waals surface area contributed by atoms with Gasteiger partial charge in [0, 0.05) is 6.54 Å². The molecule has 0 unspecified atom stereocenters. The number of hydrogen-bond acceptors (Lipinski definition) is 4. The molecular weight excluding hydrogens is 431 g/mol. The number of carboxylic acids is 1. The maximum Gasteiger partial charge on any atom is 0.335 e. The zero-order chi connectivity index (χ0) is 21.8. The Hall–Kier alpha value is -3.29. The van der Waals surface area contributed by atoms with E-state index in [0.29, 0.717) is 5.56 Å². The lowest BCUT2D eigenvalue weighted by molar-refractivity contribution is -0.122. The Kier molecular flexibility index (Phi) is 6.44. The van der Waals surface area contributed by atoms with E-state index in [2.05, 4.69) is 11.9 Å². The van der Waals surface area contributed by atoms with Crippen LogP contribution < -0.4 is 10.1 Å². The normalized spacial score (nSPS) is 14.7. The average Bonchev–Trinajstić information content (AvgIpc) is 2.95. The van der Waals surface area contributed by atoms with Crippen LogP contribution in [0.5, 0.6) is 5.75 Å². The molecule has 3 rings (SSSR count). The van der Waals surface area contributed by atoms with Crippen LogP contribution in [0.2, 0.25) is 10.0 Å². The van der Waals surface area contributed by atoms with E-state index in [0.717, 1.165) is 10.5 Å². The zero-order valence-corrected chi connectivity index (χ0v) is 17.0. The van der Waals surface area contributed by atoms with Gasteiger partial charge in [-0.1, -0.05) is 41.4 Å². The van der Waals surface area contributed by atoms with Crippen molar-refractivity contribution in [1.82, 2.24) is 10.2 Å². The van der Waals surface area contributed by atoms with Gasteiger partial charge in [-0.25, -0.2) is 9.59 Å². The van der Waals surface area contributed by atoms with E-state index in [-0.39, 0.29) is 40.2 Å². The number of amides is 3. The highest BCUT2D eigenvalue weighted by atomic mass is 35.5. The summed E-state index contributed by atoms with van der Waals surface area (Å²) >= 11 is 12.6. The second kappa shape index (κ2) is 9.02. The lowest BCUT2D eigenvalue weighted by atomic mass is 10.1. The number of aromatic carboxylic acids is 1. The van der Waals surface area contributed by atoms with Gasteiger partial charge in [0.25, 0.3) is 5.91 Å². The minimum Gasteiger partial charge on any atom is -0.486 e. The smallest absolute Gasteiger partial charge is 0.335 e. The van der Waals surface area contributed by atoms with E-state index in [4.69, 9.17) is 33.0 Å². The number of imide groups is 1. The molecular formula is C21H16Cl2N2O5. The highest BCUT2D eigenvalue weighted by molar-refractivity contribution is 6.37. The van der Waals surface area contributed by atoms with Crippen molar-refractivity contribution in [3.8, 4) is 5.75 Å². The number of carbonyl (C=O) groups is 3. The van der Waals surface area contributed by atoms with Crippen molar-refractivity contribution in [3.63, 3.8) is 0 Å². The van der Waals surface area contributed by atoms with Crippen molar-refractivity contribution in [2.75, 3.05) is 6.54 Å². The number of carbonyl (C=O) groups excluding carboxylic acids is 2. The second-order valence-electron chi connectivity index (χ2n) is 6.30. The molecule has 0 saturated carbocycles. The molecule has 0 radical (unpaired) electrons. The predicted octanol–water partition coefficient (Wildman–Crippen LogP) is 4.35. The van der Waals surface area contributed by atoms with Crippen LogP contribution in [-0.2, 0) is 11.4 Å². The average molecular weight is 447 g/mol. The summed E-state index contributed by atoms with van der Waals surface area (Å²) in [6.07, 6.45) is 2.92. The van der Waals surface area contributed by atoms with Crippen molar-refractivity contribution in [1.29, 1.82) is 0 Å². The van der Waals surface area contributed by atoms with Gasteiger partial charge >= 0.3 is 12.0 Å². The maximum atomic E-state index is 12.3. The molecule has 30 heavy (non-hydrogen) atoms. The number of nitrogens with one attached hydrogen (secondary N) is 1. The van der Waals surface area contributed by atoms with Gasteiger partial charge < -0.3 is 15.2 Å². The van der Waals surface area contributed by atoms with Crippen LogP contribution in [-0.4, -0.2) is 34.5 Å². The van der Waals surface area contributed by atoms with Crippen LogP contribution in [0.4, 0.5) is 4.79 Å². The van der Waals surface area contributed by atoms with E-state index in [1.807, 2.05) is 0 Å². The zero-order valence-electron chi connectivity index (χ0n) is 15.5.